The van der Waals surface area contributed by atoms with E-state index in [-0.39, 0.29) is 17.0 Å². The van der Waals surface area contributed by atoms with Crippen molar-refractivity contribution < 1.29 is 9.66 Å². The molecule has 0 atom stereocenters. The van der Waals surface area contributed by atoms with Gasteiger partial charge in [0.2, 0.25) is 0 Å². The van der Waals surface area contributed by atoms with E-state index in [1.165, 1.54) is 23.9 Å². The first-order chi connectivity index (χ1) is 9.94. The first-order valence-corrected chi connectivity index (χ1v) is 6.82. The number of benzene rings is 1. The van der Waals surface area contributed by atoms with Crippen LogP contribution in [0.2, 0.25) is 0 Å². The third kappa shape index (κ3) is 3.37. The van der Waals surface area contributed by atoms with Crippen molar-refractivity contribution in [3.8, 4) is 11.6 Å². The molecule has 21 heavy (non-hydrogen) atoms. The molecule has 0 aliphatic carbocycles. The first kappa shape index (κ1) is 15.0. The Morgan fingerprint density at radius 3 is 2.48 bits per heavy atom. The van der Waals surface area contributed by atoms with Gasteiger partial charge in [-0.15, -0.1) is 0 Å². The van der Waals surface area contributed by atoms with Crippen molar-refractivity contribution in [1.82, 2.24) is 4.98 Å². The largest absolute Gasteiger partial charge is 0.434 e. The third-order valence-electron chi connectivity index (χ3n) is 3.68. The maximum absolute atomic E-state index is 10.9. The second-order valence-corrected chi connectivity index (χ2v) is 5.45. The zero-order chi connectivity index (χ0) is 15.5. The Labute approximate surface area is 123 Å². The molecule has 0 aliphatic heterocycles. The van der Waals surface area contributed by atoms with E-state index in [1.807, 2.05) is 24.3 Å². The van der Waals surface area contributed by atoms with Crippen LogP contribution in [-0.4, -0.2) is 9.91 Å². The van der Waals surface area contributed by atoms with Crippen LogP contribution < -0.4 is 4.74 Å². The Kier molecular flexibility index (Phi) is 4.21. The lowest BCUT2D eigenvalue weighted by Crippen LogP contribution is -2.14. The Hall–Kier alpha value is -2.43. The average molecular weight is 286 g/mol. The molecule has 0 saturated carbocycles. The SMILES string of the molecule is CCC(C)(C)c1ccc(Oc2ncccc2[N+](=O)[O-])cc1. The highest BCUT2D eigenvalue weighted by molar-refractivity contribution is 5.43. The molecule has 0 aliphatic rings. The molecule has 1 aromatic heterocycles. The summed E-state index contributed by atoms with van der Waals surface area (Å²) in [6, 6.07) is 10.5. The summed E-state index contributed by atoms with van der Waals surface area (Å²) in [6.45, 7) is 6.49. The fraction of sp³-hybridized carbons (Fsp3) is 0.312. The molecular formula is C16H18N2O3. The van der Waals surface area contributed by atoms with Crippen LogP contribution >= 0.6 is 0 Å². The summed E-state index contributed by atoms with van der Waals surface area (Å²) in [4.78, 5) is 14.3. The van der Waals surface area contributed by atoms with Gasteiger partial charge in [0.25, 0.3) is 5.88 Å². The van der Waals surface area contributed by atoms with Crippen LogP contribution in [-0.2, 0) is 5.41 Å². The highest BCUT2D eigenvalue weighted by Crippen LogP contribution is 2.31. The van der Waals surface area contributed by atoms with Gasteiger partial charge in [0.05, 0.1) is 4.92 Å². The van der Waals surface area contributed by atoms with Crippen LogP contribution in [0.15, 0.2) is 42.6 Å². The minimum atomic E-state index is -0.503. The summed E-state index contributed by atoms with van der Waals surface area (Å²) in [5, 5.41) is 10.9. The molecule has 2 aromatic rings. The van der Waals surface area contributed by atoms with Crippen molar-refractivity contribution in [2.24, 2.45) is 0 Å². The van der Waals surface area contributed by atoms with E-state index < -0.39 is 4.92 Å². The van der Waals surface area contributed by atoms with E-state index in [9.17, 15) is 10.1 Å². The molecule has 0 saturated heterocycles. The lowest BCUT2D eigenvalue weighted by atomic mass is 9.82. The van der Waals surface area contributed by atoms with Crippen molar-refractivity contribution >= 4 is 5.69 Å². The molecule has 0 bridgehead atoms. The lowest BCUT2D eigenvalue weighted by molar-refractivity contribution is -0.386. The molecule has 0 amide bonds. The van der Waals surface area contributed by atoms with Gasteiger partial charge in [0.15, 0.2) is 0 Å². The van der Waals surface area contributed by atoms with Crippen molar-refractivity contribution in [3.63, 3.8) is 0 Å². The van der Waals surface area contributed by atoms with Gasteiger partial charge in [-0.3, -0.25) is 10.1 Å². The Bertz CT molecular complexity index is 636. The maximum Gasteiger partial charge on any atom is 0.331 e. The number of nitrogens with zero attached hydrogens (tertiary/aromatic N) is 2. The smallest absolute Gasteiger partial charge is 0.331 e. The average Bonchev–Trinajstić information content (AvgIpc) is 2.48. The van der Waals surface area contributed by atoms with Gasteiger partial charge < -0.3 is 4.74 Å². The molecule has 1 heterocycles. The van der Waals surface area contributed by atoms with E-state index in [0.717, 1.165) is 6.42 Å². The molecule has 0 unspecified atom stereocenters. The standard InChI is InChI=1S/C16H18N2O3/c1-4-16(2,3)12-7-9-13(10-8-12)21-15-14(18(19)20)6-5-11-17-15/h5-11H,4H2,1-3H3. The van der Waals surface area contributed by atoms with E-state index in [1.54, 1.807) is 0 Å². The summed E-state index contributed by atoms with van der Waals surface area (Å²) >= 11 is 0. The van der Waals surface area contributed by atoms with Crippen LogP contribution in [0.25, 0.3) is 0 Å². The molecule has 0 spiro atoms. The molecule has 0 fully saturated rings. The fourth-order valence-electron chi connectivity index (χ4n) is 1.89. The number of hydrogen-bond acceptors (Lipinski definition) is 4. The zero-order valence-corrected chi connectivity index (χ0v) is 12.4. The summed E-state index contributed by atoms with van der Waals surface area (Å²) in [5.74, 6) is 0.539. The lowest BCUT2D eigenvalue weighted by Gasteiger charge is -2.23. The Balaban J connectivity index is 2.24. The molecule has 0 N–H and O–H groups in total. The van der Waals surface area contributed by atoms with Crippen molar-refractivity contribution in [2.45, 2.75) is 32.6 Å². The summed E-state index contributed by atoms with van der Waals surface area (Å²) in [5.41, 5.74) is 1.15. The van der Waals surface area contributed by atoms with Gasteiger partial charge in [-0.05, 0) is 35.6 Å². The highest BCUT2D eigenvalue weighted by Gasteiger charge is 2.19. The number of nitro groups is 1. The van der Waals surface area contributed by atoms with E-state index in [4.69, 9.17) is 4.74 Å². The number of hydrogen-bond donors (Lipinski definition) is 0. The molecular weight excluding hydrogens is 268 g/mol. The predicted molar refractivity (Wildman–Crippen MR) is 80.7 cm³/mol. The second kappa shape index (κ2) is 5.91. The normalized spacial score (nSPS) is 11.2. The molecule has 5 nitrogen and oxygen atoms in total. The molecule has 1 aromatic carbocycles. The van der Waals surface area contributed by atoms with Gasteiger partial charge in [-0.1, -0.05) is 32.9 Å². The monoisotopic (exact) mass is 286 g/mol. The fourth-order valence-corrected chi connectivity index (χ4v) is 1.89. The summed E-state index contributed by atoms with van der Waals surface area (Å²) in [7, 11) is 0. The molecule has 0 radical (unpaired) electrons. The van der Waals surface area contributed by atoms with Crippen LogP contribution in [0.4, 0.5) is 5.69 Å². The molecule has 5 heteroatoms. The van der Waals surface area contributed by atoms with Crippen molar-refractivity contribution in [1.29, 1.82) is 0 Å². The minimum absolute atomic E-state index is 0.00463. The number of rotatable bonds is 5. The summed E-state index contributed by atoms with van der Waals surface area (Å²) in [6.07, 6.45) is 2.50. The van der Waals surface area contributed by atoms with Crippen molar-refractivity contribution in [3.05, 3.63) is 58.3 Å². The minimum Gasteiger partial charge on any atom is -0.434 e. The molecule has 2 rings (SSSR count). The number of pyridine rings is 1. The van der Waals surface area contributed by atoms with Crippen LogP contribution in [0.1, 0.15) is 32.8 Å². The Morgan fingerprint density at radius 2 is 1.90 bits per heavy atom. The number of ether oxygens (including phenoxy) is 1. The van der Waals surface area contributed by atoms with Gasteiger partial charge in [-0.25, -0.2) is 4.98 Å². The van der Waals surface area contributed by atoms with E-state index >= 15 is 0 Å². The van der Waals surface area contributed by atoms with Gasteiger partial charge in [0, 0.05) is 12.3 Å². The quantitative estimate of drug-likeness (QED) is 0.601. The number of aromatic nitrogens is 1. The van der Waals surface area contributed by atoms with Gasteiger partial charge >= 0.3 is 5.69 Å². The van der Waals surface area contributed by atoms with Crippen LogP contribution in [0.3, 0.4) is 0 Å². The second-order valence-electron chi connectivity index (χ2n) is 5.45. The van der Waals surface area contributed by atoms with E-state index in [0.29, 0.717) is 5.75 Å². The van der Waals surface area contributed by atoms with Gasteiger partial charge in [-0.2, -0.15) is 0 Å². The van der Waals surface area contributed by atoms with Crippen LogP contribution in [0, 0.1) is 10.1 Å². The summed E-state index contributed by atoms with van der Waals surface area (Å²) < 4.78 is 5.52. The maximum atomic E-state index is 10.9. The van der Waals surface area contributed by atoms with Gasteiger partial charge in [0.1, 0.15) is 5.75 Å². The van der Waals surface area contributed by atoms with E-state index in [2.05, 4.69) is 25.8 Å². The third-order valence-corrected chi connectivity index (χ3v) is 3.68. The van der Waals surface area contributed by atoms with Crippen molar-refractivity contribution in [2.75, 3.05) is 0 Å². The molecule has 110 valence electrons. The Morgan fingerprint density at radius 1 is 1.24 bits per heavy atom. The highest BCUT2D eigenvalue weighted by atomic mass is 16.6. The topological polar surface area (TPSA) is 65.3 Å². The zero-order valence-electron chi connectivity index (χ0n) is 12.4. The predicted octanol–water partition coefficient (Wildman–Crippen LogP) is 4.47. The van der Waals surface area contributed by atoms with Crippen LogP contribution in [0.5, 0.6) is 11.6 Å². The first-order valence-electron chi connectivity index (χ1n) is 6.82.